The van der Waals surface area contributed by atoms with E-state index in [2.05, 4.69) is 15.4 Å². The number of fused-ring (bicyclic) bond motifs is 2. The Morgan fingerprint density at radius 3 is 2.82 bits per heavy atom. The van der Waals surface area contributed by atoms with Gasteiger partial charge in [0.1, 0.15) is 23.6 Å². The van der Waals surface area contributed by atoms with Crippen molar-refractivity contribution < 1.29 is 14.7 Å². The fraction of sp³-hybridized carbons (Fsp3) is 0.417. The van der Waals surface area contributed by atoms with Gasteiger partial charge in [-0.25, -0.2) is 4.98 Å². The van der Waals surface area contributed by atoms with Crippen LogP contribution in [0.2, 0.25) is 5.15 Å². The zero-order valence-corrected chi connectivity index (χ0v) is 19.1. The molecule has 3 heterocycles. The zero-order chi connectivity index (χ0) is 23.1. The highest BCUT2D eigenvalue weighted by atomic mass is 35.5. The van der Waals surface area contributed by atoms with Crippen LogP contribution in [0, 0.1) is 5.92 Å². The van der Waals surface area contributed by atoms with E-state index in [1.54, 1.807) is 34.7 Å². The minimum atomic E-state index is -0.749. The molecule has 1 aromatic carbocycles. The number of aromatic nitrogens is 3. The minimum Gasteiger partial charge on any atom is -0.387 e. The average Bonchev–Trinajstić information content (AvgIpc) is 3.47. The first-order chi connectivity index (χ1) is 15.9. The standard InChI is InChI=1S/C24H26ClN5O3/c1-14(31)23-16-7-2-3-8-18(16)29(28-23)13-22(32)30-17-9-4-6-15(17)12-19(30)24(33)27-21-11-5-10-20(25)26-21/h2-3,5,7-8,10-11,14-15,17,19,31H,4,6,9,12-13H2,1H3,(H,26,27,33). The number of carbonyl (C=O) groups is 2. The quantitative estimate of drug-likeness (QED) is 0.559. The summed E-state index contributed by atoms with van der Waals surface area (Å²) < 4.78 is 1.63. The van der Waals surface area contributed by atoms with Gasteiger partial charge in [-0.05, 0) is 50.3 Å². The van der Waals surface area contributed by atoms with Crippen LogP contribution in [-0.4, -0.2) is 48.7 Å². The highest BCUT2D eigenvalue weighted by Gasteiger charge is 2.48. The molecule has 2 aromatic heterocycles. The predicted octanol–water partition coefficient (Wildman–Crippen LogP) is 3.55. The Balaban J connectivity index is 1.41. The van der Waals surface area contributed by atoms with Gasteiger partial charge in [-0.15, -0.1) is 0 Å². The normalized spacial score (nSPS) is 23.0. The number of likely N-dealkylation sites (tertiary alicyclic amines) is 1. The number of nitrogens with zero attached hydrogens (tertiary/aromatic N) is 4. The summed E-state index contributed by atoms with van der Waals surface area (Å²) >= 11 is 5.95. The Hall–Kier alpha value is -2.97. The number of nitrogens with one attached hydrogen (secondary N) is 1. The highest BCUT2D eigenvalue weighted by Crippen LogP contribution is 2.41. The average molecular weight is 468 g/mol. The molecular weight excluding hydrogens is 442 g/mol. The molecule has 2 aliphatic rings. The Labute approximate surface area is 196 Å². The summed E-state index contributed by atoms with van der Waals surface area (Å²) in [5, 5.41) is 18.6. The van der Waals surface area contributed by atoms with Crippen LogP contribution in [-0.2, 0) is 16.1 Å². The van der Waals surface area contributed by atoms with Crippen molar-refractivity contribution in [3.63, 3.8) is 0 Å². The number of para-hydroxylation sites is 1. The van der Waals surface area contributed by atoms with E-state index in [1.807, 2.05) is 24.3 Å². The van der Waals surface area contributed by atoms with Gasteiger partial charge in [-0.3, -0.25) is 14.3 Å². The molecule has 2 N–H and O–H groups in total. The Morgan fingerprint density at radius 1 is 1.21 bits per heavy atom. The molecule has 4 atom stereocenters. The third-order valence-corrected chi connectivity index (χ3v) is 6.97. The number of aliphatic hydroxyl groups excluding tert-OH is 1. The van der Waals surface area contributed by atoms with Gasteiger partial charge in [0.15, 0.2) is 0 Å². The van der Waals surface area contributed by atoms with E-state index < -0.39 is 12.1 Å². The first-order valence-electron chi connectivity index (χ1n) is 11.3. The first-order valence-corrected chi connectivity index (χ1v) is 11.7. The van der Waals surface area contributed by atoms with E-state index in [0.29, 0.717) is 29.0 Å². The first kappa shape index (κ1) is 21.9. The molecule has 3 aromatic rings. The van der Waals surface area contributed by atoms with Gasteiger partial charge < -0.3 is 15.3 Å². The van der Waals surface area contributed by atoms with Crippen molar-refractivity contribution in [1.82, 2.24) is 19.7 Å². The van der Waals surface area contributed by atoms with Crippen molar-refractivity contribution in [3.05, 3.63) is 53.3 Å². The van der Waals surface area contributed by atoms with E-state index in [-0.39, 0.29) is 24.4 Å². The van der Waals surface area contributed by atoms with E-state index in [0.717, 1.165) is 30.2 Å². The van der Waals surface area contributed by atoms with Gasteiger partial charge in [0.05, 0.1) is 17.3 Å². The second-order valence-corrected chi connectivity index (χ2v) is 9.27. The van der Waals surface area contributed by atoms with E-state index >= 15 is 0 Å². The second-order valence-electron chi connectivity index (χ2n) is 8.88. The van der Waals surface area contributed by atoms with Crippen molar-refractivity contribution in [2.24, 2.45) is 5.92 Å². The molecule has 0 spiro atoms. The summed E-state index contributed by atoms with van der Waals surface area (Å²) in [5.74, 6) is 0.299. The summed E-state index contributed by atoms with van der Waals surface area (Å²) in [4.78, 5) is 32.7. The molecule has 0 bridgehead atoms. The molecule has 1 saturated carbocycles. The molecule has 8 nitrogen and oxygen atoms in total. The van der Waals surface area contributed by atoms with Crippen molar-refractivity contribution in [3.8, 4) is 0 Å². The molecule has 1 aliphatic carbocycles. The molecule has 0 radical (unpaired) electrons. The Kier molecular flexibility index (Phi) is 5.80. The summed E-state index contributed by atoms with van der Waals surface area (Å²) in [5.41, 5.74) is 1.33. The number of anilines is 1. The summed E-state index contributed by atoms with van der Waals surface area (Å²) in [7, 11) is 0. The number of aliphatic hydroxyl groups is 1. The topological polar surface area (TPSA) is 100 Å². The summed E-state index contributed by atoms with van der Waals surface area (Å²) in [6.45, 7) is 1.67. The lowest BCUT2D eigenvalue weighted by Gasteiger charge is -2.29. The molecule has 1 aliphatic heterocycles. The largest absolute Gasteiger partial charge is 0.387 e. The SMILES string of the molecule is CC(O)c1nn(CC(=O)N2C(C(=O)Nc3cccc(Cl)n3)CC3CCCC32)c2ccccc12. The van der Waals surface area contributed by atoms with Crippen LogP contribution in [0.5, 0.6) is 0 Å². The van der Waals surface area contributed by atoms with Crippen LogP contribution in [0.15, 0.2) is 42.5 Å². The third-order valence-electron chi connectivity index (χ3n) is 6.76. The maximum absolute atomic E-state index is 13.6. The smallest absolute Gasteiger partial charge is 0.248 e. The fourth-order valence-electron chi connectivity index (χ4n) is 5.36. The second kappa shape index (κ2) is 8.76. The van der Waals surface area contributed by atoms with Crippen LogP contribution < -0.4 is 5.32 Å². The lowest BCUT2D eigenvalue weighted by atomic mass is 10.0. The van der Waals surface area contributed by atoms with Gasteiger partial charge in [-0.2, -0.15) is 5.10 Å². The molecule has 172 valence electrons. The van der Waals surface area contributed by atoms with Gasteiger partial charge in [0, 0.05) is 11.4 Å². The van der Waals surface area contributed by atoms with Crippen molar-refractivity contribution >= 4 is 40.1 Å². The number of hydrogen-bond acceptors (Lipinski definition) is 5. The van der Waals surface area contributed by atoms with Crippen LogP contribution in [0.25, 0.3) is 10.9 Å². The molecular formula is C24H26ClN5O3. The van der Waals surface area contributed by atoms with Gasteiger partial charge in [0.25, 0.3) is 0 Å². The number of amides is 2. The fourth-order valence-corrected chi connectivity index (χ4v) is 5.53. The molecule has 2 fully saturated rings. The van der Waals surface area contributed by atoms with Gasteiger partial charge >= 0.3 is 0 Å². The molecule has 33 heavy (non-hydrogen) atoms. The van der Waals surface area contributed by atoms with E-state index in [4.69, 9.17) is 11.6 Å². The summed E-state index contributed by atoms with van der Waals surface area (Å²) in [6.07, 6.45) is 2.86. The maximum Gasteiger partial charge on any atom is 0.248 e. The number of halogens is 1. The number of carbonyl (C=O) groups excluding carboxylic acids is 2. The number of pyridine rings is 1. The highest BCUT2D eigenvalue weighted by molar-refractivity contribution is 6.29. The number of hydrogen-bond donors (Lipinski definition) is 2. The third kappa shape index (κ3) is 4.09. The Morgan fingerprint density at radius 2 is 2.03 bits per heavy atom. The van der Waals surface area contributed by atoms with E-state index in [9.17, 15) is 14.7 Å². The van der Waals surface area contributed by atoms with Crippen molar-refractivity contribution in [2.45, 2.75) is 57.3 Å². The monoisotopic (exact) mass is 467 g/mol. The number of benzene rings is 1. The van der Waals surface area contributed by atoms with Crippen LogP contribution in [0.4, 0.5) is 5.82 Å². The van der Waals surface area contributed by atoms with Crippen molar-refractivity contribution in [1.29, 1.82) is 0 Å². The predicted molar refractivity (Wildman–Crippen MR) is 125 cm³/mol. The minimum absolute atomic E-state index is 0.00957. The lowest BCUT2D eigenvalue weighted by molar-refractivity contribution is -0.139. The Bertz CT molecular complexity index is 1210. The molecule has 5 rings (SSSR count). The molecule has 1 saturated heterocycles. The van der Waals surface area contributed by atoms with Crippen LogP contribution >= 0.6 is 11.6 Å². The molecule has 4 unspecified atom stereocenters. The van der Waals surface area contributed by atoms with Gasteiger partial charge in [-0.1, -0.05) is 42.3 Å². The zero-order valence-electron chi connectivity index (χ0n) is 18.3. The summed E-state index contributed by atoms with van der Waals surface area (Å²) in [6, 6.07) is 12.1. The maximum atomic E-state index is 13.6. The van der Waals surface area contributed by atoms with Gasteiger partial charge in [0.2, 0.25) is 11.8 Å². The van der Waals surface area contributed by atoms with Crippen LogP contribution in [0.3, 0.4) is 0 Å². The number of rotatable bonds is 5. The van der Waals surface area contributed by atoms with E-state index in [1.165, 1.54) is 0 Å². The molecule has 9 heteroatoms. The molecule has 2 amide bonds. The van der Waals surface area contributed by atoms with Crippen LogP contribution in [0.1, 0.15) is 44.4 Å². The lowest BCUT2D eigenvalue weighted by Crippen LogP contribution is -2.48. The van der Waals surface area contributed by atoms with Crippen molar-refractivity contribution in [2.75, 3.05) is 5.32 Å².